The summed E-state index contributed by atoms with van der Waals surface area (Å²) >= 11 is 4.90. The number of unbranched alkanes of at least 4 members (excludes halogenated alkanes) is 1. The summed E-state index contributed by atoms with van der Waals surface area (Å²) in [5.74, 6) is -0.117. The molecule has 0 aliphatic heterocycles. The van der Waals surface area contributed by atoms with Crippen molar-refractivity contribution in [2.24, 2.45) is 5.73 Å². The van der Waals surface area contributed by atoms with Crippen molar-refractivity contribution in [2.45, 2.75) is 12.8 Å². The number of rotatable bonds is 10. The topological polar surface area (TPSA) is 73.6 Å². The van der Waals surface area contributed by atoms with Crippen LogP contribution in [-0.2, 0) is 9.47 Å². The molecule has 0 saturated heterocycles. The number of hydrogen-bond acceptors (Lipinski definition) is 4. The van der Waals surface area contributed by atoms with Crippen molar-refractivity contribution in [3.05, 3.63) is 35.4 Å². The zero-order valence-corrected chi connectivity index (χ0v) is 13.1. The minimum Gasteiger partial charge on any atom is -0.389 e. The molecule has 6 heteroatoms. The van der Waals surface area contributed by atoms with Crippen LogP contribution in [0.1, 0.15) is 28.8 Å². The molecule has 0 aliphatic rings. The Hall–Kier alpha value is -1.50. The number of carbonyl (C=O) groups excluding carboxylic acids is 1. The summed E-state index contributed by atoms with van der Waals surface area (Å²) in [5, 5.41) is 2.86. The SMILES string of the molecule is COCCOCCCCNC(=O)c1cccc(C(N)=S)c1. The highest BCUT2D eigenvalue weighted by Gasteiger charge is 2.06. The Labute approximate surface area is 130 Å². The number of benzene rings is 1. The van der Waals surface area contributed by atoms with Gasteiger partial charge in [-0.25, -0.2) is 0 Å². The highest BCUT2D eigenvalue weighted by atomic mass is 32.1. The van der Waals surface area contributed by atoms with E-state index in [4.69, 9.17) is 27.4 Å². The van der Waals surface area contributed by atoms with Gasteiger partial charge in [-0.15, -0.1) is 0 Å². The fourth-order valence-corrected chi connectivity index (χ4v) is 1.82. The number of thiocarbonyl (C=S) groups is 1. The summed E-state index contributed by atoms with van der Waals surface area (Å²) in [4.78, 5) is 12.2. The molecule has 0 unspecified atom stereocenters. The third-order valence-corrected chi connectivity index (χ3v) is 3.08. The van der Waals surface area contributed by atoms with Crippen molar-refractivity contribution >= 4 is 23.1 Å². The Morgan fingerprint density at radius 1 is 1.24 bits per heavy atom. The van der Waals surface area contributed by atoms with Crippen LogP contribution in [0.25, 0.3) is 0 Å². The van der Waals surface area contributed by atoms with Gasteiger partial charge in [0.25, 0.3) is 5.91 Å². The van der Waals surface area contributed by atoms with E-state index in [0.717, 1.165) is 12.8 Å². The highest BCUT2D eigenvalue weighted by molar-refractivity contribution is 7.80. The number of carbonyl (C=O) groups is 1. The first-order valence-electron chi connectivity index (χ1n) is 6.90. The van der Waals surface area contributed by atoms with Crippen LogP contribution in [0.5, 0.6) is 0 Å². The largest absolute Gasteiger partial charge is 0.389 e. The second-order valence-electron chi connectivity index (χ2n) is 4.51. The molecule has 116 valence electrons. The van der Waals surface area contributed by atoms with Crippen LogP contribution < -0.4 is 11.1 Å². The van der Waals surface area contributed by atoms with Crippen molar-refractivity contribution in [2.75, 3.05) is 33.5 Å². The average molecular weight is 310 g/mol. The van der Waals surface area contributed by atoms with E-state index < -0.39 is 0 Å². The Bertz CT molecular complexity index is 466. The number of methoxy groups -OCH3 is 1. The molecule has 0 saturated carbocycles. The minimum atomic E-state index is -0.117. The molecule has 0 atom stereocenters. The molecule has 5 nitrogen and oxygen atoms in total. The van der Waals surface area contributed by atoms with Crippen LogP contribution in [-0.4, -0.2) is 44.4 Å². The molecule has 1 rings (SSSR count). The molecule has 0 fully saturated rings. The maximum absolute atomic E-state index is 12.0. The molecule has 1 aromatic carbocycles. The average Bonchev–Trinajstić information content (AvgIpc) is 2.49. The predicted molar refractivity (Wildman–Crippen MR) is 86.6 cm³/mol. The van der Waals surface area contributed by atoms with Gasteiger partial charge in [-0.1, -0.05) is 24.4 Å². The molecule has 21 heavy (non-hydrogen) atoms. The van der Waals surface area contributed by atoms with Gasteiger partial charge in [0, 0.05) is 31.4 Å². The van der Waals surface area contributed by atoms with Crippen molar-refractivity contribution in [1.82, 2.24) is 5.32 Å². The Balaban J connectivity index is 2.22. The normalized spacial score (nSPS) is 10.3. The van der Waals surface area contributed by atoms with Gasteiger partial charge >= 0.3 is 0 Å². The lowest BCUT2D eigenvalue weighted by molar-refractivity contribution is 0.0686. The Morgan fingerprint density at radius 2 is 2.00 bits per heavy atom. The van der Waals surface area contributed by atoms with Crippen LogP contribution in [0.4, 0.5) is 0 Å². The Morgan fingerprint density at radius 3 is 2.71 bits per heavy atom. The smallest absolute Gasteiger partial charge is 0.251 e. The number of hydrogen-bond donors (Lipinski definition) is 2. The van der Waals surface area contributed by atoms with Gasteiger partial charge in [0.1, 0.15) is 4.99 Å². The quantitative estimate of drug-likeness (QED) is 0.506. The van der Waals surface area contributed by atoms with E-state index in [9.17, 15) is 4.79 Å². The zero-order chi connectivity index (χ0) is 15.5. The van der Waals surface area contributed by atoms with Crippen LogP contribution in [0.2, 0.25) is 0 Å². The maximum Gasteiger partial charge on any atom is 0.251 e. The summed E-state index contributed by atoms with van der Waals surface area (Å²) in [7, 11) is 1.64. The summed E-state index contributed by atoms with van der Waals surface area (Å²) in [6, 6.07) is 7.00. The van der Waals surface area contributed by atoms with E-state index in [1.165, 1.54) is 0 Å². The Kier molecular flexibility index (Phi) is 8.57. The first-order valence-corrected chi connectivity index (χ1v) is 7.30. The number of nitrogens with two attached hydrogens (primary N) is 1. The zero-order valence-electron chi connectivity index (χ0n) is 12.3. The van der Waals surface area contributed by atoms with E-state index in [0.29, 0.717) is 37.5 Å². The molecule has 1 aromatic rings. The third-order valence-electron chi connectivity index (χ3n) is 2.84. The maximum atomic E-state index is 12.0. The van der Waals surface area contributed by atoms with Gasteiger partial charge in [-0.2, -0.15) is 0 Å². The molecule has 1 amide bonds. The molecular formula is C15H22N2O3S. The fraction of sp³-hybridized carbons (Fsp3) is 0.467. The third kappa shape index (κ3) is 7.17. The van der Waals surface area contributed by atoms with Gasteiger partial charge in [-0.3, -0.25) is 4.79 Å². The lowest BCUT2D eigenvalue weighted by Crippen LogP contribution is -2.25. The van der Waals surface area contributed by atoms with Crippen LogP contribution in [0, 0.1) is 0 Å². The van der Waals surface area contributed by atoms with Gasteiger partial charge in [-0.05, 0) is 25.0 Å². The molecule has 0 bridgehead atoms. The first kappa shape index (κ1) is 17.6. The minimum absolute atomic E-state index is 0.117. The van der Waals surface area contributed by atoms with Gasteiger partial charge in [0.15, 0.2) is 0 Å². The standard InChI is InChI=1S/C15H22N2O3S/c1-19-9-10-20-8-3-2-7-17-15(18)13-6-4-5-12(11-13)14(16)21/h4-6,11H,2-3,7-10H2,1H3,(H2,16,21)(H,17,18). The molecular weight excluding hydrogens is 288 g/mol. The van der Waals surface area contributed by atoms with Crippen molar-refractivity contribution in [3.8, 4) is 0 Å². The molecule has 0 heterocycles. The summed E-state index contributed by atoms with van der Waals surface area (Å²) in [5.41, 5.74) is 6.81. The van der Waals surface area contributed by atoms with E-state index >= 15 is 0 Å². The van der Waals surface area contributed by atoms with Crippen molar-refractivity contribution in [1.29, 1.82) is 0 Å². The summed E-state index contributed by atoms with van der Waals surface area (Å²) in [6.07, 6.45) is 1.77. The number of nitrogens with one attached hydrogen (secondary N) is 1. The fourth-order valence-electron chi connectivity index (χ4n) is 1.69. The number of ether oxygens (including phenoxy) is 2. The molecule has 0 radical (unpaired) electrons. The van der Waals surface area contributed by atoms with E-state index in [1.54, 1.807) is 31.4 Å². The summed E-state index contributed by atoms with van der Waals surface area (Å²) in [6.45, 7) is 2.50. The van der Waals surface area contributed by atoms with Gasteiger partial charge in [0.2, 0.25) is 0 Å². The molecule has 3 N–H and O–H groups in total. The van der Waals surface area contributed by atoms with Crippen LogP contribution >= 0.6 is 12.2 Å². The van der Waals surface area contributed by atoms with Crippen LogP contribution in [0.3, 0.4) is 0 Å². The van der Waals surface area contributed by atoms with E-state index in [1.807, 2.05) is 0 Å². The van der Waals surface area contributed by atoms with Gasteiger partial charge < -0.3 is 20.5 Å². The lowest BCUT2D eigenvalue weighted by Gasteiger charge is -2.07. The van der Waals surface area contributed by atoms with Crippen LogP contribution in [0.15, 0.2) is 24.3 Å². The van der Waals surface area contributed by atoms with Gasteiger partial charge in [0.05, 0.1) is 13.2 Å². The molecule has 0 aliphatic carbocycles. The van der Waals surface area contributed by atoms with E-state index in [2.05, 4.69) is 5.32 Å². The monoisotopic (exact) mass is 310 g/mol. The number of amides is 1. The highest BCUT2D eigenvalue weighted by Crippen LogP contribution is 2.05. The second-order valence-corrected chi connectivity index (χ2v) is 4.95. The molecule has 0 spiro atoms. The first-order chi connectivity index (χ1) is 10.1. The summed E-state index contributed by atoms with van der Waals surface area (Å²) < 4.78 is 10.2. The second kappa shape index (κ2) is 10.3. The van der Waals surface area contributed by atoms with Crippen molar-refractivity contribution in [3.63, 3.8) is 0 Å². The van der Waals surface area contributed by atoms with Crippen molar-refractivity contribution < 1.29 is 14.3 Å². The lowest BCUT2D eigenvalue weighted by atomic mass is 10.1. The van der Waals surface area contributed by atoms with E-state index in [-0.39, 0.29) is 10.9 Å². The predicted octanol–water partition coefficient (Wildman–Crippen LogP) is 1.49. The molecule has 0 aromatic heterocycles.